The van der Waals surface area contributed by atoms with E-state index < -0.39 is 73.0 Å². The van der Waals surface area contributed by atoms with Crippen LogP contribution in [0.1, 0.15) is 49.9 Å². The molecule has 0 radical (unpaired) electrons. The maximum atomic E-state index is 7.19. The van der Waals surface area contributed by atoms with Crippen molar-refractivity contribution in [1.82, 2.24) is 0 Å². The summed E-state index contributed by atoms with van der Waals surface area (Å²) in [5.41, 5.74) is 3.69. The van der Waals surface area contributed by atoms with Gasteiger partial charge in [0.15, 0.2) is 24.2 Å². The van der Waals surface area contributed by atoms with Crippen LogP contribution in [0.4, 0.5) is 0 Å². The highest BCUT2D eigenvalue weighted by atomic mass is 16.9. The summed E-state index contributed by atoms with van der Waals surface area (Å²) in [4.78, 5) is 0. The van der Waals surface area contributed by atoms with Crippen molar-refractivity contribution in [2.75, 3.05) is 27.4 Å². The van der Waals surface area contributed by atoms with Gasteiger partial charge in [-0.2, -0.15) is 0 Å². The Kier molecular flexibility index (Phi) is 14.0. The number of methoxy groups -OCH3 is 2. The quantitative estimate of drug-likeness (QED) is 0.101. The summed E-state index contributed by atoms with van der Waals surface area (Å²) in [6.45, 7) is 8.85. The highest BCUT2D eigenvalue weighted by Gasteiger charge is 2.61. The zero-order valence-electron chi connectivity index (χ0n) is 35.7. The van der Waals surface area contributed by atoms with Crippen LogP contribution in [0.15, 0.2) is 109 Å². The molecule has 4 saturated heterocycles. The molecule has 10 atom stereocenters. The van der Waals surface area contributed by atoms with Gasteiger partial charge in [0.2, 0.25) is 0 Å². The summed E-state index contributed by atoms with van der Waals surface area (Å²) in [6.07, 6.45) is -7.32. The lowest BCUT2D eigenvalue weighted by molar-refractivity contribution is -0.345. The highest BCUT2D eigenvalue weighted by molar-refractivity contribution is 5.44. The first-order valence-corrected chi connectivity index (χ1v) is 21.0. The molecule has 4 heterocycles. The van der Waals surface area contributed by atoms with Crippen molar-refractivity contribution in [2.45, 2.75) is 127 Å². The van der Waals surface area contributed by atoms with E-state index in [9.17, 15) is 0 Å². The third-order valence-electron chi connectivity index (χ3n) is 11.2. The Hall–Kier alpha value is -3.96. The zero-order chi connectivity index (χ0) is 42.4. The number of benzene rings is 4. The first-order chi connectivity index (χ1) is 29.6. The van der Waals surface area contributed by atoms with Crippen LogP contribution in [0.5, 0.6) is 11.5 Å². The summed E-state index contributed by atoms with van der Waals surface area (Å²) >= 11 is 0. The molecule has 4 aromatic rings. The van der Waals surface area contributed by atoms with Gasteiger partial charge in [-0.1, -0.05) is 97.1 Å². The fourth-order valence-corrected chi connectivity index (χ4v) is 8.33. The Labute approximate surface area is 358 Å². The largest absolute Gasteiger partial charge is 0.496 e. The van der Waals surface area contributed by atoms with E-state index in [1.54, 1.807) is 14.2 Å². The number of fused-ring (bicyclic) bond motifs is 1. The molecule has 0 aromatic heterocycles. The van der Waals surface area contributed by atoms with Crippen molar-refractivity contribution in [3.63, 3.8) is 0 Å². The van der Waals surface area contributed by atoms with Gasteiger partial charge in [-0.3, -0.25) is 0 Å². The van der Waals surface area contributed by atoms with E-state index in [0.717, 1.165) is 16.7 Å². The van der Waals surface area contributed by atoms with Crippen LogP contribution in [0, 0.1) is 0 Å². The van der Waals surface area contributed by atoms with Crippen molar-refractivity contribution in [2.24, 2.45) is 0 Å². The third-order valence-corrected chi connectivity index (χ3v) is 11.2. The number of hydrogen-bond donors (Lipinski definition) is 0. The van der Waals surface area contributed by atoms with Crippen molar-refractivity contribution in [3.05, 3.63) is 131 Å². The van der Waals surface area contributed by atoms with E-state index in [1.807, 2.05) is 137 Å². The van der Waals surface area contributed by atoms with Gasteiger partial charge in [0.05, 0.1) is 59.4 Å². The first-order valence-electron chi connectivity index (χ1n) is 21.0. The van der Waals surface area contributed by atoms with Gasteiger partial charge in [-0.15, -0.1) is 0 Å². The van der Waals surface area contributed by atoms with Gasteiger partial charge in [0.25, 0.3) is 0 Å². The Morgan fingerprint density at radius 2 is 1.11 bits per heavy atom. The summed E-state index contributed by atoms with van der Waals surface area (Å²) in [6, 6.07) is 35.6. The molecular formula is C48H58O13. The van der Waals surface area contributed by atoms with Crippen LogP contribution in [-0.2, 0) is 78.5 Å². The number of ether oxygens (including phenoxy) is 13. The monoisotopic (exact) mass is 842 g/mol. The molecule has 0 spiro atoms. The lowest BCUT2D eigenvalue weighted by Crippen LogP contribution is -2.63. The zero-order valence-corrected chi connectivity index (χ0v) is 35.7. The standard InChI is InChI=1S/C48H58O13/c1-47(2)55-30-38(59-47)40-42(44-46(57-40)61-48(3,4)60-44)58-45-43(54-28-34-35(49-5)23-16-24-36(34)50-6)41(53-27-33-21-14-9-15-22-33)39(52-26-32-19-12-8-13-20-32)37(56-45)29-51-25-31-17-10-7-11-18-31/h7-24,37-46H,25-30H2,1-6H3/t37-,38+,39-,40-,41+,42+,43-,44-,45-,46-/m1/s1. The second-order valence-corrected chi connectivity index (χ2v) is 16.5. The van der Waals surface area contributed by atoms with Crippen molar-refractivity contribution < 1.29 is 61.6 Å². The Morgan fingerprint density at radius 3 is 1.69 bits per heavy atom. The molecule has 13 heteroatoms. The topological polar surface area (TPSA) is 120 Å². The van der Waals surface area contributed by atoms with Crippen LogP contribution in [0.25, 0.3) is 0 Å². The van der Waals surface area contributed by atoms with Crippen molar-refractivity contribution >= 4 is 0 Å². The maximum absolute atomic E-state index is 7.19. The summed E-state index contributed by atoms with van der Waals surface area (Å²) < 4.78 is 84.8. The number of rotatable bonds is 18. The molecule has 4 aliphatic rings. The lowest BCUT2D eigenvalue weighted by atomic mass is 9.97. The van der Waals surface area contributed by atoms with Crippen LogP contribution >= 0.6 is 0 Å². The highest BCUT2D eigenvalue weighted by Crippen LogP contribution is 2.44. The van der Waals surface area contributed by atoms with E-state index in [4.69, 9.17) is 61.6 Å². The molecule has 4 aromatic carbocycles. The predicted molar refractivity (Wildman–Crippen MR) is 221 cm³/mol. The van der Waals surface area contributed by atoms with Gasteiger partial charge in [-0.05, 0) is 56.5 Å². The van der Waals surface area contributed by atoms with E-state index >= 15 is 0 Å². The van der Waals surface area contributed by atoms with Crippen LogP contribution in [0.2, 0.25) is 0 Å². The van der Waals surface area contributed by atoms with E-state index in [2.05, 4.69) is 0 Å². The summed E-state index contributed by atoms with van der Waals surface area (Å²) in [7, 11) is 3.23. The molecule has 4 aliphatic heterocycles. The molecule has 61 heavy (non-hydrogen) atoms. The van der Waals surface area contributed by atoms with E-state index in [-0.39, 0.29) is 33.0 Å². The van der Waals surface area contributed by atoms with Gasteiger partial charge in [0.1, 0.15) is 60.3 Å². The predicted octanol–water partition coefficient (Wildman–Crippen LogP) is 7.11. The molecule has 0 saturated carbocycles. The lowest BCUT2D eigenvalue weighted by Gasteiger charge is -2.47. The average Bonchev–Trinajstić information content (AvgIpc) is 3.90. The van der Waals surface area contributed by atoms with Crippen molar-refractivity contribution in [1.29, 1.82) is 0 Å². The van der Waals surface area contributed by atoms with Crippen molar-refractivity contribution in [3.8, 4) is 11.5 Å². The minimum atomic E-state index is -1.07. The van der Waals surface area contributed by atoms with Gasteiger partial charge < -0.3 is 61.6 Å². The Morgan fingerprint density at radius 1 is 0.541 bits per heavy atom. The molecule has 0 aliphatic carbocycles. The van der Waals surface area contributed by atoms with E-state index in [1.165, 1.54) is 0 Å². The second kappa shape index (κ2) is 19.6. The molecule has 0 unspecified atom stereocenters. The van der Waals surface area contributed by atoms with Gasteiger partial charge >= 0.3 is 0 Å². The molecule has 328 valence electrons. The molecule has 0 bridgehead atoms. The minimum absolute atomic E-state index is 0.0594. The molecule has 0 N–H and O–H groups in total. The maximum Gasteiger partial charge on any atom is 0.190 e. The fraction of sp³-hybridized carbons (Fsp3) is 0.500. The fourth-order valence-electron chi connectivity index (χ4n) is 8.33. The molecule has 8 rings (SSSR count). The SMILES string of the molecule is COc1cccc(OC)c1CO[C@H]1[C@@H](O[C@@H]2[C@H]3OC(C)(C)O[C@H]3O[C@@H]2[C@@H]2COC(C)(C)O2)O[C@H](COCc2ccccc2)[C@@H](OCc2ccccc2)[C@@H]1OCc1ccccc1. The summed E-state index contributed by atoms with van der Waals surface area (Å²) in [5.74, 6) is -0.542. The molecule has 13 nitrogen and oxygen atoms in total. The molecular weight excluding hydrogens is 785 g/mol. The van der Waals surface area contributed by atoms with E-state index in [0.29, 0.717) is 23.7 Å². The number of hydrogen-bond acceptors (Lipinski definition) is 13. The minimum Gasteiger partial charge on any atom is -0.496 e. The average molecular weight is 843 g/mol. The molecule has 4 fully saturated rings. The Bertz CT molecular complexity index is 1940. The van der Waals surface area contributed by atoms with Gasteiger partial charge in [0, 0.05) is 0 Å². The van der Waals surface area contributed by atoms with Gasteiger partial charge in [-0.25, -0.2) is 0 Å². The van der Waals surface area contributed by atoms with Crippen LogP contribution in [0.3, 0.4) is 0 Å². The molecule has 0 amide bonds. The Balaban J connectivity index is 1.17. The first kappa shape index (κ1) is 43.7. The normalized spacial score (nSPS) is 30.3. The van der Waals surface area contributed by atoms with Crippen LogP contribution in [-0.4, -0.2) is 100 Å². The third kappa shape index (κ3) is 10.6. The second-order valence-electron chi connectivity index (χ2n) is 16.5. The van der Waals surface area contributed by atoms with Crippen LogP contribution < -0.4 is 9.47 Å². The smallest absolute Gasteiger partial charge is 0.190 e. The summed E-state index contributed by atoms with van der Waals surface area (Å²) in [5, 5.41) is 0.